The number of carbonyl (C=O) groups excluding carboxylic acids is 1. The van der Waals surface area contributed by atoms with Crippen LogP contribution >= 0.6 is 23.2 Å². The minimum Gasteiger partial charge on any atom is -0.507 e. The van der Waals surface area contributed by atoms with E-state index in [-0.39, 0.29) is 34.4 Å². The van der Waals surface area contributed by atoms with E-state index in [4.69, 9.17) is 27.9 Å². The summed E-state index contributed by atoms with van der Waals surface area (Å²) in [5, 5.41) is 24.6. The number of nitrogens with zero attached hydrogens (tertiary/aromatic N) is 2. The molecule has 2 aromatic rings. The molecular weight excluding hydrogens is 373 g/mol. The van der Waals surface area contributed by atoms with Crippen molar-refractivity contribution in [2.45, 2.75) is 0 Å². The Balaban J connectivity index is 1.92. The van der Waals surface area contributed by atoms with Crippen LogP contribution in [0.3, 0.4) is 0 Å². The number of non-ortho nitro benzene ring substituents is 1. The smallest absolute Gasteiger partial charge is 0.277 e. The average Bonchev–Trinajstić information content (AvgIpc) is 2.55. The summed E-state index contributed by atoms with van der Waals surface area (Å²) >= 11 is 11.7. The molecule has 0 bridgehead atoms. The Morgan fingerprint density at radius 3 is 2.76 bits per heavy atom. The number of phenols is 1. The number of benzene rings is 2. The summed E-state index contributed by atoms with van der Waals surface area (Å²) in [5.74, 6) is -0.526. The summed E-state index contributed by atoms with van der Waals surface area (Å²) in [5.41, 5.74) is 2.03. The molecule has 2 rings (SSSR count). The SMILES string of the molecule is O=C(COc1ccc(Cl)cc1Cl)N/N=C\c1cc([N+](=O)[O-])ccc1O. The number of ether oxygens (including phenoxy) is 1. The number of nitrogens with one attached hydrogen (secondary N) is 1. The second-order valence-corrected chi connectivity index (χ2v) is 5.50. The van der Waals surface area contributed by atoms with E-state index in [1.54, 1.807) is 6.07 Å². The minimum absolute atomic E-state index is 0.0798. The molecule has 0 aliphatic heterocycles. The molecule has 2 N–H and O–H groups in total. The molecule has 1 amide bonds. The molecule has 0 unspecified atom stereocenters. The lowest BCUT2D eigenvalue weighted by molar-refractivity contribution is -0.384. The number of nitro groups is 1. The van der Waals surface area contributed by atoms with Gasteiger partial charge in [-0.05, 0) is 24.3 Å². The highest BCUT2D eigenvalue weighted by molar-refractivity contribution is 6.35. The zero-order chi connectivity index (χ0) is 18.4. The molecular formula is C15H11Cl2N3O5. The molecule has 0 fully saturated rings. The van der Waals surface area contributed by atoms with E-state index in [9.17, 15) is 20.0 Å². The third kappa shape index (κ3) is 5.33. The summed E-state index contributed by atoms with van der Waals surface area (Å²) in [6.07, 6.45) is 1.08. The van der Waals surface area contributed by atoms with Gasteiger partial charge in [-0.2, -0.15) is 5.10 Å². The fourth-order valence-electron chi connectivity index (χ4n) is 1.70. The number of phenolic OH excluding ortho intramolecular Hbond substituents is 1. The van der Waals surface area contributed by atoms with E-state index >= 15 is 0 Å². The van der Waals surface area contributed by atoms with Crippen LogP contribution in [-0.2, 0) is 4.79 Å². The number of carbonyl (C=O) groups is 1. The maximum atomic E-state index is 11.7. The van der Waals surface area contributed by atoms with Gasteiger partial charge in [0.05, 0.1) is 16.2 Å². The van der Waals surface area contributed by atoms with Gasteiger partial charge in [0.2, 0.25) is 0 Å². The van der Waals surface area contributed by atoms with Crippen LogP contribution in [0.15, 0.2) is 41.5 Å². The molecule has 10 heteroatoms. The zero-order valence-corrected chi connectivity index (χ0v) is 14.0. The third-order valence-electron chi connectivity index (χ3n) is 2.87. The predicted molar refractivity (Wildman–Crippen MR) is 92.5 cm³/mol. The fourth-order valence-corrected chi connectivity index (χ4v) is 2.16. The largest absolute Gasteiger partial charge is 0.507 e. The van der Waals surface area contributed by atoms with Crippen LogP contribution < -0.4 is 10.2 Å². The van der Waals surface area contributed by atoms with E-state index in [0.29, 0.717) is 5.02 Å². The van der Waals surface area contributed by atoms with Gasteiger partial charge in [0.1, 0.15) is 11.5 Å². The number of nitro benzene ring substituents is 1. The summed E-state index contributed by atoms with van der Waals surface area (Å²) in [4.78, 5) is 21.7. The van der Waals surface area contributed by atoms with Crippen molar-refractivity contribution >= 4 is 41.0 Å². The normalized spacial score (nSPS) is 10.6. The van der Waals surface area contributed by atoms with Crippen LogP contribution in [0.1, 0.15) is 5.56 Å². The predicted octanol–water partition coefficient (Wildman–Crippen LogP) is 3.14. The second kappa shape index (κ2) is 8.32. The topological polar surface area (TPSA) is 114 Å². The summed E-state index contributed by atoms with van der Waals surface area (Å²) < 4.78 is 5.22. The van der Waals surface area contributed by atoms with Crippen LogP contribution in [0.25, 0.3) is 0 Å². The molecule has 2 aromatic carbocycles. The van der Waals surface area contributed by atoms with Crippen LogP contribution in [0.4, 0.5) is 5.69 Å². The lowest BCUT2D eigenvalue weighted by Crippen LogP contribution is -2.24. The minimum atomic E-state index is -0.612. The van der Waals surface area contributed by atoms with Gasteiger partial charge >= 0.3 is 0 Å². The second-order valence-electron chi connectivity index (χ2n) is 4.66. The van der Waals surface area contributed by atoms with Gasteiger partial charge in [-0.1, -0.05) is 23.2 Å². The van der Waals surface area contributed by atoms with Crippen LogP contribution in [-0.4, -0.2) is 28.8 Å². The first-order valence-corrected chi connectivity index (χ1v) is 7.49. The zero-order valence-electron chi connectivity index (χ0n) is 12.5. The van der Waals surface area contributed by atoms with Crippen molar-refractivity contribution < 1.29 is 19.6 Å². The number of amides is 1. The number of hydrogen-bond donors (Lipinski definition) is 2. The quantitative estimate of drug-likeness (QED) is 0.451. The van der Waals surface area contributed by atoms with Crippen molar-refractivity contribution in [3.63, 3.8) is 0 Å². The molecule has 0 aliphatic carbocycles. The van der Waals surface area contributed by atoms with E-state index in [2.05, 4.69) is 10.5 Å². The molecule has 0 radical (unpaired) electrons. The Morgan fingerprint density at radius 2 is 2.08 bits per heavy atom. The van der Waals surface area contributed by atoms with Crippen molar-refractivity contribution in [2.24, 2.45) is 5.10 Å². The Bertz CT molecular complexity index is 842. The first kappa shape index (κ1) is 18.5. The Labute approximate surface area is 151 Å². The number of rotatable bonds is 6. The molecule has 130 valence electrons. The van der Waals surface area contributed by atoms with E-state index in [1.807, 2.05) is 0 Å². The highest BCUT2D eigenvalue weighted by atomic mass is 35.5. The highest BCUT2D eigenvalue weighted by Crippen LogP contribution is 2.27. The van der Waals surface area contributed by atoms with Gasteiger partial charge in [0.15, 0.2) is 6.61 Å². The molecule has 0 aromatic heterocycles. The molecule has 0 saturated heterocycles. The van der Waals surface area contributed by atoms with Gasteiger partial charge in [0.25, 0.3) is 11.6 Å². The van der Waals surface area contributed by atoms with Crippen molar-refractivity contribution in [2.75, 3.05) is 6.61 Å². The summed E-state index contributed by atoms with van der Waals surface area (Å²) in [7, 11) is 0. The van der Waals surface area contributed by atoms with E-state index in [1.165, 1.54) is 12.1 Å². The standard InChI is InChI=1S/C15H11Cl2N3O5/c16-10-1-4-14(12(17)6-10)25-8-15(22)19-18-7-9-5-11(20(23)24)2-3-13(9)21/h1-7,21H,8H2,(H,19,22)/b18-7-. The maximum Gasteiger partial charge on any atom is 0.277 e. The van der Waals surface area contributed by atoms with Crippen LogP contribution in [0, 0.1) is 10.1 Å². The molecule has 0 atom stereocenters. The van der Waals surface area contributed by atoms with Gasteiger partial charge in [0, 0.05) is 22.7 Å². The third-order valence-corrected chi connectivity index (χ3v) is 3.40. The fraction of sp³-hybridized carbons (Fsp3) is 0.0667. The first-order chi connectivity index (χ1) is 11.9. The van der Waals surface area contributed by atoms with Gasteiger partial charge in [-0.15, -0.1) is 0 Å². The van der Waals surface area contributed by atoms with E-state index < -0.39 is 10.8 Å². The van der Waals surface area contributed by atoms with Crippen molar-refractivity contribution in [1.29, 1.82) is 0 Å². The van der Waals surface area contributed by atoms with Crippen LogP contribution in [0.2, 0.25) is 10.0 Å². The molecule has 0 heterocycles. The first-order valence-electron chi connectivity index (χ1n) is 6.74. The summed E-state index contributed by atoms with van der Waals surface area (Å²) in [6.45, 7) is -0.361. The monoisotopic (exact) mass is 383 g/mol. The van der Waals surface area contributed by atoms with E-state index in [0.717, 1.165) is 24.4 Å². The lowest BCUT2D eigenvalue weighted by Gasteiger charge is -2.07. The lowest BCUT2D eigenvalue weighted by atomic mass is 10.2. The van der Waals surface area contributed by atoms with Crippen molar-refractivity contribution in [3.8, 4) is 11.5 Å². The molecule has 8 nitrogen and oxygen atoms in total. The van der Waals surface area contributed by atoms with Gasteiger partial charge in [-0.25, -0.2) is 5.43 Å². The number of halogens is 2. The number of hydrazone groups is 1. The molecule has 0 aliphatic rings. The molecule has 0 saturated carbocycles. The summed E-state index contributed by atoms with van der Waals surface area (Å²) in [6, 6.07) is 7.97. The van der Waals surface area contributed by atoms with Crippen LogP contribution in [0.5, 0.6) is 11.5 Å². The maximum absolute atomic E-state index is 11.7. The van der Waals surface area contributed by atoms with Gasteiger partial charge < -0.3 is 9.84 Å². The van der Waals surface area contributed by atoms with Crippen molar-refractivity contribution in [3.05, 3.63) is 62.1 Å². The highest BCUT2D eigenvalue weighted by Gasteiger charge is 2.09. The molecule has 25 heavy (non-hydrogen) atoms. The Hall–Kier alpha value is -2.84. The van der Waals surface area contributed by atoms with Crippen molar-refractivity contribution in [1.82, 2.24) is 5.43 Å². The average molecular weight is 384 g/mol. The Kier molecular flexibility index (Phi) is 6.15. The van der Waals surface area contributed by atoms with Gasteiger partial charge in [-0.3, -0.25) is 14.9 Å². The number of hydrogen-bond acceptors (Lipinski definition) is 6. The number of aromatic hydroxyl groups is 1. The Morgan fingerprint density at radius 1 is 1.32 bits per heavy atom. The molecule has 0 spiro atoms.